The van der Waals surface area contributed by atoms with Gasteiger partial charge in [-0.25, -0.2) is 4.98 Å². The third-order valence-corrected chi connectivity index (χ3v) is 3.97. The number of nitrogens with zero attached hydrogens (tertiary/aromatic N) is 2. The monoisotopic (exact) mass is 354 g/mol. The number of pyridine rings is 1. The molecule has 25 heavy (non-hydrogen) atoms. The number of aliphatic imine (C=N–C) groups is 1. The van der Waals surface area contributed by atoms with Crippen LogP contribution in [0.25, 0.3) is 10.9 Å². The Hall–Kier alpha value is -2.59. The van der Waals surface area contributed by atoms with Crippen molar-refractivity contribution in [3.63, 3.8) is 0 Å². The van der Waals surface area contributed by atoms with Crippen LogP contribution in [0.3, 0.4) is 0 Å². The number of hydrogen-bond acceptors (Lipinski definition) is 4. The normalized spacial score (nSPS) is 11.2. The summed E-state index contributed by atoms with van der Waals surface area (Å²) in [6.45, 7) is 2.77. The van der Waals surface area contributed by atoms with Gasteiger partial charge in [-0.15, -0.1) is 0 Å². The molecular formula is C20H19ClN2O2. The minimum atomic E-state index is 0.423. The quantitative estimate of drug-likeness (QED) is 0.437. The van der Waals surface area contributed by atoms with Crippen LogP contribution in [0.2, 0.25) is 5.15 Å². The molecule has 0 bridgehead atoms. The first-order chi connectivity index (χ1) is 12.2. The fourth-order valence-corrected chi connectivity index (χ4v) is 2.55. The molecule has 0 spiro atoms. The van der Waals surface area contributed by atoms with E-state index in [1.54, 1.807) is 13.3 Å². The smallest absolute Gasteiger partial charge is 0.138 e. The molecule has 0 radical (unpaired) electrons. The summed E-state index contributed by atoms with van der Waals surface area (Å²) >= 11 is 6.29. The number of benzene rings is 2. The number of ether oxygens (including phenoxy) is 2. The molecule has 5 heteroatoms. The van der Waals surface area contributed by atoms with Crippen LogP contribution in [-0.4, -0.2) is 24.9 Å². The molecule has 0 amide bonds. The molecule has 0 aliphatic rings. The molecule has 0 fully saturated rings. The van der Waals surface area contributed by atoms with E-state index in [9.17, 15) is 0 Å². The van der Waals surface area contributed by atoms with Crippen molar-refractivity contribution in [1.29, 1.82) is 0 Å². The molecule has 4 nitrogen and oxygen atoms in total. The maximum Gasteiger partial charge on any atom is 0.138 e. The molecule has 2 aromatic carbocycles. The molecule has 1 aromatic heterocycles. The predicted molar refractivity (Wildman–Crippen MR) is 103 cm³/mol. The SMILES string of the molecule is CCCOc1ccc2nc(Cl)c(C=Nc3ccc(OC)cc3)cc2c1. The predicted octanol–water partition coefficient (Wildman–Crippen LogP) is 5.44. The van der Waals surface area contributed by atoms with Crippen molar-refractivity contribution in [2.24, 2.45) is 4.99 Å². The molecule has 0 aliphatic heterocycles. The number of methoxy groups -OCH3 is 1. The highest BCUT2D eigenvalue weighted by atomic mass is 35.5. The first-order valence-corrected chi connectivity index (χ1v) is 8.48. The lowest BCUT2D eigenvalue weighted by molar-refractivity contribution is 0.318. The Morgan fingerprint density at radius 3 is 2.56 bits per heavy atom. The second-order valence-corrected chi connectivity index (χ2v) is 5.89. The van der Waals surface area contributed by atoms with Gasteiger partial charge < -0.3 is 9.47 Å². The summed E-state index contributed by atoms with van der Waals surface area (Å²) < 4.78 is 10.8. The van der Waals surface area contributed by atoms with Crippen LogP contribution < -0.4 is 9.47 Å². The molecule has 0 N–H and O–H groups in total. The zero-order chi connectivity index (χ0) is 17.6. The van der Waals surface area contributed by atoms with E-state index in [1.165, 1.54) is 0 Å². The van der Waals surface area contributed by atoms with E-state index in [-0.39, 0.29) is 0 Å². The molecule has 0 saturated carbocycles. The fraction of sp³-hybridized carbons (Fsp3) is 0.200. The minimum absolute atomic E-state index is 0.423. The van der Waals surface area contributed by atoms with Crippen LogP contribution >= 0.6 is 11.6 Å². The van der Waals surface area contributed by atoms with E-state index in [0.717, 1.165) is 40.1 Å². The number of aromatic nitrogens is 1. The molecule has 0 saturated heterocycles. The fourth-order valence-electron chi connectivity index (χ4n) is 2.36. The van der Waals surface area contributed by atoms with E-state index < -0.39 is 0 Å². The van der Waals surface area contributed by atoms with Gasteiger partial charge in [-0.05, 0) is 55.0 Å². The van der Waals surface area contributed by atoms with Crippen LogP contribution in [0.4, 0.5) is 5.69 Å². The molecule has 3 rings (SSSR count). The van der Waals surface area contributed by atoms with Crippen molar-refractivity contribution in [2.45, 2.75) is 13.3 Å². The van der Waals surface area contributed by atoms with Crippen LogP contribution in [0.15, 0.2) is 53.5 Å². The topological polar surface area (TPSA) is 43.7 Å². The summed E-state index contributed by atoms with van der Waals surface area (Å²) in [4.78, 5) is 8.89. The van der Waals surface area contributed by atoms with Gasteiger partial charge in [0.05, 0.1) is 24.9 Å². The molecule has 3 aromatic rings. The lowest BCUT2D eigenvalue weighted by atomic mass is 10.1. The first-order valence-electron chi connectivity index (χ1n) is 8.11. The Labute approximate surface area is 152 Å². The maximum atomic E-state index is 6.29. The van der Waals surface area contributed by atoms with E-state index >= 15 is 0 Å². The van der Waals surface area contributed by atoms with Crippen molar-refractivity contribution in [3.8, 4) is 11.5 Å². The third-order valence-electron chi connectivity index (χ3n) is 3.66. The zero-order valence-electron chi connectivity index (χ0n) is 14.2. The van der Waals surface area contributed by atoms with Gasteiger partial charge in [-0.1, -0.05) is 18.5 Å². The van der Waals surface area contributed by atoms with Gasteiger partial charge in [0.25, 0.3) is 0 Å². The van der Waals surface area contributed by atoms with Crippen LogP contribution in [0.1, 0.15) is 18.9 Å². The van der Waals surface area contributed by atoms with Crippen molar-refractivity contribution < 1.29 is 9.47 Å². The largest absolute Gasteiger partial charge is 0.497 e. The van der Waals surface area contributed by atoms with Crippen molar-refractivity contribution >= 4 is 34.4 Å². The highest BCUT2D eigenvalue weighted by Crippen LogP contribution is 2.24. The minimum Gasteiger partial charge on any atom is -0.497 e. The summed E-state index contributed by atoms with van der Waals surface area (Å²) in [5.41, 5.74) is 2.41. The van der Waals surface area contributed by atoms with Crippen molar-refractivity contribution in [2.75, 3.05) is 13.7 Å². The van der Waals surface area contributed by atoms with Gasteiger partial charge in [0, 0.05) is 17.2 Å². The second-order valence-electron chi connectivity index (χ2n) is 5.53. The van der Waals surface area contributed by atoms with Gasteiger partial charge in [0.15, 0.2) is 0 Å². The van der Waals surface area contributed by atoms with Crippen LogP contribution in [0.5, 0.6) is 11.5 Å². The summed E-state index contributed by atoms with van der Waals surface area (Å²) in [6.07, 6.45) is 2.69. The van der Waals surface area contributed by atoms with Gasteiger partial charge in [-0.2, -0.15) is 0 Å². The number of halogens is 1. The van der Waals surface area contributed by atoms with E-state index in [1.807, 2.05) is 48.5 Å². The Balaban J connectivity index is 1.88. The van der Waals surface area contributed by atoms with E-state index in [2.05, 4.69) is 16.9 Å². The van der Waals surface area contributed by atoms with Crippen molar-refractivity contribution in [1.82, 2.24) is 4.98 Å². The number of rotatable bonds is 6. The summed E-state index contributed by atoms with van der Waals surface area (Å²) in [6, 6.07) is 15.3. The van der Waals surface area contributed by atoms with Gasteiger partial charge in [0.2, 0.25) is 0 Å². The van der Waals surface area contributed by atoms with Gasteiger partial charge in [-0.3, -0.25) is 4.99 Å². The van der Waals surface area contributed by atoms with Crippen molar-refractivity contribution in [3.05, 3.63) is 59.2 Å². The molecule has 128 valence electrons. The summed E-state index contributed by atoms with van der Waals surface area (Å²) in [5.74, 6) is 1.63. The average Bonchev–Trinajstić information content (AvgIpc) is 2.65. The average molecular weight is 355 g/mol. The van der Waals surface area contributed by atoms with Gasteiger partial charge in [0.1, 0.15) is 16.7 Å². The second kappa shape index (κ2) is 7.99. The molecule has 0 unspecified atom stereocenters. The van der Waals surface area contributed by atoms with Crippen LogP contribution in [0, 0.1) is 0 Å². The Bertz CT molecular complexity index is 892. The third kappa shape index (κ3) is 4.28. The Kier molecular flexibility index (Phi) is 5.51. The highest BCUT2D eigenvalue weighted by Gasteiger charge is 2.05. The standard InChI is InChI=1S/C20H19ClN2O2/c1-3-10-25-18-8-9-19-14(12-18)11-15(20(21)23-19)13-22-16-4-6-17(24-2)7-5-16/h4-9,11-13H,3,10H2,1-2H3. The zero-order valence-corrected chi connectivity index (χ0v) is 15.0. The Morgan fingerprint density at radius 2 is 1.84 bits per heavy atom. The highest BCUT2D eigenvalue weighted by molar-refractivity contribution is 6.32. The first kappa shape index (κ1) is 17.2. The molecule has 0 atom stereocenters. The maximum absolute atomic E-state index is 6.29. The number of fused-ring (bicyclic) bond motifs is 1. The number of hydrogen-bond donors (Lipinski definition) is 0. The van der Waals surface area contributed by atoms with E-state index in [0.29, 0.717) is 11.8 Å². The lowest BCUT2D eigenvalue weighted by Crippen LogP contribution is -1.95. The molecule has 0 aliphatic carbocycles. The van der Waals surface area contributed by atoms with Crippen LogP contribution in [-0.2, 0) is 0 Å². The Morgan fingerprint density at radius 1 is 1.08 bits per heavy atom. The molecule has 1 heterocycles. The van der Waals surface area contributed by atoms with E-state index in [4.69, 9.17) is 21.1 Å². The van der Waals surface area contributed by atoms with Gasteiger partial charge >= 0.3 is 0 Å². The summed E-state index contributed by atoms with van der Waals surface area (Å²) in [7, 11) is 1.64. The summed E-state index contributed by atoms with van der Waals surface area (Å²) in [5, 5.41) is 1.39. The molecular weight excluding hydrogens is 336 g/mol. The lowest BCUT2D eigenvalue weighted by Gasteiger charge is -2.07.